The first-order valence-corrected chi connectivity index (χ1v) is 8.62. The van der Waals surface area contributed by atoms with Gasteiger partial charge in [0.2, 0.25) is 10.0 Å². The van der Waals surface area contributed by atoms with E-state index in [1.165, 1.54) is 6.92 Å². The van der Waals surface area contributed by atoms with Crippen molar-refractivity contribution in [2.45, 2.75) is 32.2 Å². The molecule has 0 fully saturated rings. The highest BCUT2D eigenvalue weighted by Crippen LogP contribution is 2.23. The zero-order valence-electron chi connectivity index (χ0n) is 12.0. The summed E-state index contributed by atoms with van der Waals surface area (Å²) in [5.74, 6) is -0.615. The van der Waals surface area contributed by atoms with Crippen LogP contribution in [0.1, 0.15) is 20.9 Å². The van der Waals surface area contributed by atoms with E-state index in [1.807, 2.05) is 19.9 Å². The molecule has 0 unspecified atom stereocenters. The van der Waals surface area contributed by atoms with E-state index < -0.39 is 15.8 Å². The van der Waals surface area contributed by atoms with E-state index in [-0.39, 0.29) is 17.1 Å². The summed E-state index contributed by atoms with van der Waals surface area (Å²) in [5.41, 5.74) is 6.74. The van der Waals surface area contributed by atoms with E-state index in [9.17, 15) is 12.8 Å². The average molecular weight is 328 g/mol. The van der Waals surface area contributed by atoms with Gasteiger partial charge in [-0.2, -0.15) is 0 Å². The van der Waals surface area contributed by atoms with Gasteiger partial charge < -0.3 is 5.73 Å². The highest BCUT2D eigenvalue weighted by atomic mass is 32.2. The second kappa shape index (κ2) is 5.75. The van der Waals surface area contributed by atoms with Gasteiger partial charge in [0.05, 0.1) is 10.6 Å². The molecule has 0 atom stereocenters. The first-order chi connectivity index (χ1) is 9.70. The second-order valence-electron chi connectivity index (χ2n) is 4.92. The molecule has 1 aromatic carbocycles. The van der Waals surface area contributed by atoms with E-state index in [0.717, 1.165) is 27.5 Å². The molecule has 1 heterocycles. The SMILES string of the molecule is Cc1cc(F)c(N)cc1S(=O)(=O)NCc1cc(C)c(C)s1. The first-order valence-electron chi connectivity index (χ1n) is 6.32. The molecule has 0 aliphatic heterocycles. The molecule has 2 rings (SSSR count). The number of aryl methyl sites for hydroxylation is 3. The summed E-state index contributed by atoms with van der Waals surface area (Å²) in [6, 6.07) is 4.23. The number of benzene rings is 1. The Kier molecular flexibility index (Phi) is 4.36. The quantitative estimate of drug-likeness (QED) is 0.848. The average Bonchev–Trinajstić information content (AvgIpc) is 2.71. The van der Waals surface area contributed by atoms with Crippen LogP contribution in [0.5, 0.6) is 0 Å². The Hall–Kier alpha value is -1.44. The maximum atomic E-state index is 13.3. The topological polar surface area (TPSA) is 72.2 Å². The summed E-state index contributed by atoms with van der Waals surface area (Å²) in [6.07, 6.45) is 0. The van der Waals surface area contributed by atoms with Gasteiger partial charge >= 0.3 is 0 Å². The smallest absolute Gasteiger partial charge is 0.241 e. The van der Waals surface area contributed by atoms with Crippen LogP contribution in [-0.4, -0.2) is 8.42 Å². The van der Waals surface area contributed by atoms with E-state index in [0.29, 0.717) is 5.56 Å². The van der Waals surface area contributed by atoms with Gasteiger partial charge in [-0.3, -0.25) is 0 Å². The Morgan fingerprint density at radius 3 is 2.43 bits per heavy atom. The zero-order chi connectivity index (χ0) is 15.8. The third-order valence-corrected chi connectivity index (χ3v) is 5.93. The maximum Gasteiger partial charge on any atom is 0.241 e. The lowest BCUT2D eigenvalue weighted by Gasteiger charge is -2.10. The van der Waals surface area contributed by atoms with Crippen LogP contribution in [0, 0.1) is 26.6 Å². The highest BCUT2D eigenvalue weighted by molar-refractivity contribution is 7.89. The van der Waals surface area contributed by atoms with Gasteiger partial charge in [-0.25, -0.2) is 17.5 Å². The van der Waals surface area contributed by atoms with Crippen LogP contribution in [0.25, 0.3) is 0 Å². The molecule has 0 aliphatic rings. The molecule has 0 saturated heterocycles. The van der Waals surface area contributed by atoms with Crippen molar-refractivity contribution in [1.82, 2.24) is 4.72 Å². The van der Waals surface area contributed by atoms with Crippen molar-refractivity contribution < 1.29 is 12.8 Å². The number of hydrogen-bond donors (Lipinski definition) is 2. The predicted molar refractivity (Wildman–Crippen MR) is 83.4 cm³/mol. The molecule has 4 nitrogen and oxygen atoms in total. The number of halogens is 1. The number of hydrogen-bond acceptors (Lipinski definition) is 4. The van der Waals surface area contributed by atoms with E-state index in [2.05, 4.69) is 4.72 Å². The fourth-order valence-electron chi connectivity index (χ4n) is 1.94. The predicted octanol–water partition coefficient (Wildman–Crippen LogP) is 2.87. The molecule has 0 radical (unpaired) electrons. The third-order valence-electron chi connectivity index (χ3n) is 3.24. The minimum absolute atomic E-state index is 0.00593. The molecule has 0 amide bonds. The minimum atomic E-state index is -3.72. The Bertz CT molecular complexity index is 763. The monoisotopic (exact) mass is 328 g/mol. The lowest BCUT2D eigenvalue weighted by molar-refractivity contribution is 0.580. The number of nitrogens with one attached hydrogen (secondary N) is 1. The van der Waals surface area contributed by atoms with Crippen molar-refractivity contribution in [3.8, 4) is 0 Å². The first kappa shape index (κ1) is 15.9. The van der Waals surface area contributed by atoms with Crippen LogP contribution < -0.4 is 10.5 Å². The highest BCUT2D eigenvalue weighted by Gasteiger charge is 2.19. The summed E-state index contributed by atoms with van der Waals surface area (Å²) in [5, 5.41) is 0. The van der Waals surface area contributed by atoms with Crippen LogP contribution in [0.4, 0.5) is 10.1 Å². The summed E-state index contributed by atoms with van der Waals surface area (Å²) < 4.78 is 40.4. The molecule has 0 aliphatic carbocycles. The third kappa shape index (κ3) is 3.42. The largest absolute Gasteiger partial charge is 0.396 e. The number of nitrogens with two attached hydrogens (primary N) is 1. The van der Waals surface area contributed by atoms with Crippen molar-refractivity contribution in [3.63, 3.8) is 0 Å². The lowest BCUT2D eigenvalue weighted by Crippen LogP contribution is -2.24. The second-order valence-corrected chi connectivity index (χ2v) is 7.99. The number of thiophene rings is 1. The number of rotatable bonds is 4. The van der Waals surface area contributed by atoms with Gasteiger partial charge in [0.15, 0.2) is 0 Å². The number of nitrogen functional groups attached to an aromatic ring is 1. The molecular weight excluding hydrogens is 311 g/mol. The van der Waals surface area contributed by atoms with Gasteiger partial charge in [-0.15, -0.1) is 11.3 Å². The van der Waals surface area contributed by atoms with Crippen LogP contribution in [0.2, 0.25) is 0 Å². The van der Waals surface area contributed by atoms with Gasteiger partial charge in [-0.05, 0) is 50.1 Å². The van der Waals surface area contributed by atoms with Gasteiger partial charge in [-0.1, -0.05) is 0 Å². The zero-order valence-corrected chi connectivity index (χ0v) is 13.7. The molecule has 114 valence electrons. The lowest BCUT2D eigenvalue weighted by atomic mass is 10.2. The molecule has 7 heteroatoms. The summed E-state index contributed by atoms with van der Waals surface area (Å²) >= 11 is 1.55. The van der Waals surface area contributed by atoms with E-state index in [4.69, 9.17) is 5.73 Å². The number of sulfonamides is 1. The molecule has 0 bridgehead atoms. The van der Waals surface area contributed by atoms with E-state index in [1.54, 1.807) is 11.3 Å². The molecule has 21 heavy (non-hydrogen) atoms. The fourth-order valence-corrected chi connectivity index (χ4v) is 4.29. The van der Waals surface area contributed by atoms with Crippen molar-refractivity contribution in [3.05, 3.63) is 44.9 Å². The molecular formula is C14H17FN2O2S2. The molecule has 3 N–H and O–H groups in total. The summed E-state index contributed by atoms with van der Waals surface area (Å²) in [4.78, 5) is 2.10. The summed E-state index contributed by atoms with van der Waals surface area (Å²) in [6.45, 7) is 5.71. The van der Waals surface area contributed by atoms with Crippen molar-refractivity contribution in [2.75, 3.05) is 5.73 Å². The normalized spacial score (nSPS) is 11.8. The molecule has 0 spiro atoms. The standard InChI is InChI=1S/C14H17FN2O2S2/c1-8-4-11(20-10(8)3)7-17-21(18,19)14-6-13(16)12(15)5-9(14)2/h4-6,17H,7,16H2,1-3H3. The minimum Gasteiger partial charge on any atom is -0.396 e. The Morgan fingerprint density at radius 2 is 1.86 bits per heavy atom. The van der Waals surface area contributed by atoms with Crippen molar-refractivity contribution in [1.29, 1.82) is 0 Å². The fraction of sp³-hybridized carbons (Fsp3) is 0.286. The maximum absolute atomic E-state index is 13.3. The van der Waals surface area contributed by atoms with Crippen LogP contribution in [0.3, 0.4) is 0 Å². The van der Waals surface area contributed by atoms with Gasteiger partial charge in [0.1, 0.15) is 5.82 Å². The summed E-state index contributed by atoms with van der Waals surface area (Å²) in [7, 11) is -3.72. The van der Waals surface area contributed by atoms with E-state index >= 15 is 0 Å². The molecule has 0 saturated carbocycles. The van der Waals surface area contributed by atoms with Crippen LogP contribution in [0.15, 0.2) is 23.1 Å². The van der Waals surface area contributed by atoms with Gasteiger partial charge in [0.25, 0.3) is 0 Å². The van der Waals surface area contributed by atoms with Crippen molar-refractivity contribution in [2.24, 2.45) is 0 Å². The number of anilines is 1. The van der Waals surface area contributed by atoms with Crippen LogP contribution >= 0.6 is 11.3 Å². The van der Waals surface area contributed by atoms with Crippen molar-refractivity contribution >= 4 is 27.0 Å². The molecule has 1 aromatic heterocycles. The Labute approximate surface area is 127 Å². The Balaban J connectivity index is 2.24. The molecule has 2 aromatic rings. The Morgan fingerprint density at radius 1 is 1.19 bits per heavy atom. The van der Waals surface area contributed by atoms with Crippen LogP contribution in [-0.2, 0) is 16.6 Å². The van der Waals surface area contributed by atoms with Gasteiger partial charge in [0, 0.05) is 16.3 Å².